The highest BCUT2D eigenvalue weighted by Gasteiger charge is 2.23. The lowest BCUT2D eigenvalue weighted by atomic mass is 10.0. The number of nitrogens with zero attached hydrogens (tertiary/aromatic N) is 2. The summed E-state index contributed by atoms with van der Waals surface area (Å²) in [6.07, 6.45) is 4.58. The molecule has 2 heterocycles. The van der Waals surface area contributed by atoms with E-state index in [1.54, 1.807) is 6.20 Å². The number of nitrogens with one attached hydrogen (secondary N) is 2. The van der Waals surface area contributed by atoms with E-state index in [-0.39, 0.29) is 11.8 Å². The average molecular weight is 446 g/mol. The summed E-state index contributed by atoms with van der Waals surface area (Å²) >= 11 is 0. The van der Waals surface area contributed by atoms with Crippen molar-refractivity contribution in [3.8, 4) is 5.75 Å². The minimum Gasteiger partial charge on any atom is -0.481 e. The summed E-state index contributed by atoms with van der Waals surface area (Å²) in [5.74, 6) is 1.75. The van der Waals surface area contributed by atoms with Crippen LogP contribution < -0.4 is 20.7 Å². The van der Waals surface area contributed by atoms with Crippen LogP contribution >= 0.6 is 0 Å². The molecule has 0 radical (unpaired) electrons. The zero-order chi connectivity index (χ0) is 23.4. The van der Waals surface area contributed by atoms with Gasteiger partial charge in [0.2, 0.25) is 0 Å². The number of anilines is 3. The molecular formula is C26H31N5O2. The average Bonchev–Trinajstić information content (AvgIpc) is 2.80. The van der Waals surface area contributed by atoms with Gasteiger partial charge in [0.15, 0.2) is 6.10 Å². The molecule has 0 spiro atoms. The highest BCUT2D eigenvalue weighted by atomic mass is 16.5. The molecule has 1 fully saturated rings. The Kier molecular flexibility index (Phi) is 6.77. The number of rotatable bonds is 7. The summed E-state index contributed by atoms with van der Waals surface area (Å²) in [4.78, 5) is 19.3. The van der Waals surface area contributed by atoms with Crippen LogP contribution in [-0.2, 0) is 4.79 Å². The van der Waals surface area contributed by atoms with Crippen LogP contribution in [0.15, 0.2) is 54.7 Å². The van der Waals surface area contributed by atoms with Crippen molar-refractivity contribution in [2.24, 2.45) is 5.92 Å². The first-order chi connectivity index (χ1) is 15.9. The number of nitrogens with two attached hydrogens (primary N) is 1. The molecule has 1 aliphatic rings. The molecular weight excluding hydrogens is 414 g/mol. The number of fused-ring (bicyclic) bond motifs is 1. The Bertz CT molecular complexity index is 1140. The number of nitrogen functional groups attached to an aromatic ring is 1. The van der Waals surface area contributed by atoms with E-state index >= 15 is 0 Å². The molecule has 4 N–H and O–H groups in total. The van der Waals surface area contributed by atoms with Gasteiger partial charge in [-0.1, -0.05) is 19.9 Å². The molecule has 33 heavy (non-hydrogen) atoms. The fraction of sp³-hybridized carbons (Fsp3) is 0.346. The zero-order valence-electron chi connectivity index (χ0n) is 19.2. The maximum absolute atomic E-state index is 13.1. The van der Waals surface area contributed by atoms with Crippen molar-refractivity contribution in [2.45, 2.75) is 45.6 Å². The van der Waals surface area contributed by atoms with Gasteiger partial charge in [0.05, 0.1) is 0 Å². The summed E-state index contributed by atoms with van der Waals surface area (Å²) in [5, 5.41) is 12.9. The number of benzene rings is 2. The van der Waals surface area contributed by atoms with Gasteiger partial charge in [-0.2, -0.15) is 0 Å². The third-order valence-electron chi connectivity index (χ3n) is 5.84. The standard InChI is InChI=1S/C26H31N5O2/c1-17(2)15-23(33-21-11-6-18-12-13-29-25(28)22(18)16-21)26(32)30-19-7-9-20(10-8-19)31-14-4-3-5-24(31)27/h6-13,16-17,23,27H,3-5,14-15H2,1-2H3,(H2,28,29)(H,30,32)/t23-/m0/s1. The number of aromatic nitrogens is 1. The van der Waals surface area contributed by atoms with Crippen LogP contribution in [0, 0.1) is 11.3 Å². The fourth-order valence-corrected chi connectivity index (χ4v) is 4.11. The molecule has 0 saturated carbocycles. The maximum Gasteiger partial charge on any atom is 0.265 e. The summed E-state index contributed by atoms with van der Waals surface area (Å²) in [5.41, 5.74) is 7.70. The zero-order valence-corrected chi connectivity index (χ0v) is 19.2. The Balaban J connectivity index is 1.47. The van der Waals surface area contributed by atoms with Crippen LogP contribution in [0.4, 0.5) is 17.2 Å². The topological polar surface area (TPSA) is 104 Å². The monoisotopic (exact) mass is 445 g/mol. The second-order valence-electron chi connectivity index (χ2n) is 8.91. The van der Waals surface area contributed by atoms with Crippen LogP contribution in [0.1, 0.15) is 39.5 Å². The first-order valence-electron chi connectivity index (χ1n) is 11.5. The number of carbonyl (C=O) groups is 1. The van der Waals surface area contributed by atoms with E-state index in [2.05, 4.69) is 24.1 Å². The van der Waals surface area contributed by atoms with Gasteiger partial charge in [-0.15, -0.1) is 0 Å². The highest BCUT2D eigenvalue weighted by Crippen LogP contribution is 2.27. The van der Waals surface area contributed by atoms with Crippen molar-refractivity contribution in [3.05, 3.63) is 54.7 Å². The minimum absolute atomic E-state index is 0.193. The first-order valence-corrected chi connectivity index (χ1v) is 11.5. The van der Waals surface area contributed by atoms with Crippen LogP contribution in [0.5, 0.6) is 5.75 Å². The number of pyridine rings is 1. The number of hydrogen-bond donors (Lipinski definition) is 3. The van der Waals surface area contributed by atoms with E-state index in [4.69, 9.17) is 15.9 Å². The second-order valence-corrected chi connectivity index (χ2v) is 8.91. The summed E-state index contributed by atoms with van der Waals surface area (Å²) in [7, 11) is 0. The summed E-state index contributed by atoms with van der Waals surface area (Å²) in [6.45, 7) is 4.99. The minimum atomic E-state index is -0.643. The van der Waals surface area contributed by atoms with Gasteiger partial charge >= 0.3 is 0 Å². The number of ether oxygens (including phenoxy) is 1. The summed E-state index contributed by atoms with van der Waals surface area (Å²) < 4.78 is 6.12. The molecule has 1 atom stereocenters. The number of hydrogen-bond acceptors (Lipinski definition) is 5. The molecule has 0 unspecified atom stereocenters. The van der Waals surface area contributed by atoms with E-state index in [1.165, 1.54) is 0 Å². The molecule has 7 heteroatoms. The lowest BCUT2D eigenvalue weighted by Gasteiger charge is -2.29. The molecule has 4 rings (SSSR count). The Hall–Kier alpha value is -3.61. The van der Waals surface area contributed by atoms with Gasteiger partial charge in [-0.05, 0) is 73.0 Å². The van der Waals surface area contributed by atoms with Crippen molar-refractivity contribution >= 4 is 39.7 Å². The molecule has 0 aliphatic carbocycles. The Morgan fingerprint density at radius 2 is 1.97 bits per heavy atom. The fourth-order valence-electron chi connectivity index (χ4n) is 4.11. The van der Waals surface area contributed by atoms with Gasteiger partial charge in [-0.25, -0.2) is 4.98 Å². The third-order valence-corrected chi connectivity index (χ3v) is 5.84. The van der Waals surface area contributed by atoms with E-state index in [1.807, 2.05) is 53.4 Å². The number of carbonyl (C=O) groups excluding carboxylic acids is 1. The number of amides is 1. The van der Waals surface area contributed by atoms with E-state index < -0.39 is 6.10 Å². The van der Waals surface area contributed by atoms with Gasteiger partial charge in [0.1, 0.15) is 17.4 Å². The Morgan fingerprint density at radius 3 is 2.70 bits per heavy atom. The van der Waals surface area contributed by atoms with Crippen molar-refractivity contribution in [1.82, 2.24) is 4.98 Å². The molecule has 1 saturated heterocycles. The quantitative estimate of drug-likeness (QED) is 0.463. The van der Waals surface area contributed by atoms with Crippen LogP contribution in [-0.4, -0.2) is 29.4 Å². The maximum atomic E-state index is 13.1. The third kappa shape index (κ3) is 5.42. The van der Waals surface area contributed by atoms with Crippen molar-refractivity contribution in [1.29, 1.82) is 5.41 Å². The normalized spacial score (nSPS) is 15.0. The lowest BCUT2D eigenvalue weighted by molar-refractivity contribution is -0.123. The molecule has 1 amide bonds. The van der Waals surface area contributed by atoms with Gasteiger partial charge in [0.25, 0.3) is 5.91 Å². The molecule has 1 aliphatic heterocycles. The van der Waals surface area contributed by atoms with Gasteiger partial charge in [-0.3, -0.25) is 10.2 Å². The van der Waals surface area contributed by atoms with Crippen LogP contribution in [0.3, 0.4) is 0 Å². The van der Waals surface area contributed by atoms with Crippen LogP contribution in [0.25, 0.3) is 10.8 Å². The Morgan fingerprint density at radius 1 is 1.18 bits per heavy atom. The lowest BCUT2D eigenvalue weighted by Crippen LogP contribution is -2.35. The van der Waals surface area contributed by atoms with Crippen molar-refractivity contribution in [3.63, 3.8) is 0 Å². The molecule has 172 valence electrons. The number of amidine groups is 1. The van der Waals surface area contributed by atoms with Gasteiger partial charge < -0.3 is 20.7 Å². The molecule has 1 aromatic heterocycles. The molecule has 0 bridgehead atoms. The van der Waals surface area contributed by atoms with E-state index in [9.17, 15) is 4.79 Å². The second kappa shape index (κ2) is 9.90. The highest BCUT2D eigenvalue weighted by molar-refractivity contribution is 5.97. The van der Waals surface area contributed by atoms with Gasteiger partial charge in [0, 0.05) is 35.9 Å². The SMILES string of the molecule is CC(C)C[C@H](Oc1ccc2ccnc(N)c2c1)C(=O)Nc1ccc(N2CCCCC2=N)cc1. The van der Waals surface area contributed by atoms with E-state index in [0.717, 1.165) is 42.3 Å². The molecule has 7 nitrogen and oxygen atoms in total. The van der Waals surface area contributed by atoms with E-state index in [0.29, 0.717) is 29.5 Å². The van der Waals surface area contributed by atoms with Crippen molar-refractivity contribution < 1.29 is 9.53 Å². The predicted molar refractivity (Wildman–Crippen MR) is 134 cm³/mol. The smallest absolute Gasteiger partial charge is 0.265 e. The predicted octanol–water partition coefficient (Wildman–Crippen LogP) is 5.22. The Labute approximate surface area is 194 Å². The van der Waals surface area contributed by atoms with Crippen LogP contribution in [0.2, 0.25) is 0 Å². The largest absolute Gasteiger partial charge is 0.481 e. The first kappa shape index (κ1) is 22.6. The molecule has 3 aromatic rings. The molecule has 2 aromatic carbocycles. The number of piperidine rings is 1. The summed E-state index contributed by atoms with van der Waals surface area (Å²) in [6, 6.07) is 15.2. The van der Waals surface area contributed by atoms with Crippen molar-refractivity contribution in [2.75, 3.05) is 22.5 Å².